The van der Waals surface area contributed by atoms with Gasteiger partial charge < -0.3 is 15.4 Å². The third-order valence-electron chi connectivity index (χ3n) is 2.13. The maximum absolute atomic E-state index is 11.4. The lowest BCUT2D eigenvalue weighted by atomic mass is 10.2. The number of benzene rings is 1. The summed E-state index contributed by atoms with van der Waals surface area (Å²) < 4.78 is 4.40. The molecule has 0 saturated heterocycles. The molecular formula is C13H16N2O3. The van der Waals surface area contributed by atoms with Crippen LogP contribution in [0.1, 0.15) is 5.56 Å². The van der Waals surface area contributed by atoms with Crippen LogP contribution < -0.4 is 10.6 Å². The highest BCUT2D eigenvalue weighted by molar-refractivity contribution is 5.82. The first-order valence-electron chi connectivity index (χ1n) is 5.51. The van der Waals surface area contributed by atoms with Crippen molar-refractivity contribution in [1.82, 2.24) is 10.6 Å². The van der Waals surface area contributed by atoms with Crippen molar-refractivity contribution in [2.24, 2.45) is 0 Å². The van der Waals surface area contributed by atoms with E-state index in [4.69, 9.17) is 0 Å². The van der Waals surface area contributed by atoms with Crippen molar-refractivity contribution in [2.75, 3.05) is 13.7 Å². The first-order valence-corrected chi connectivity index (χ1v) is 5.51. The van der Waals surface area contributed by atoms with E-state index < -0.39 is 5.97 Å². The quantitative estimate of drug-likeness (QED) is 0.571. The van der Waals surface area contributed by atoms with Crippen molar-refractivity contribution in [3.05, 3.63) is 48.2 Å². The van der Waals surface area contributed by atoms with E-state index in [2.05, 4.69) is 15.4 Å². The monoisotopic (exact) mass is 248 g/mol. The molecule has 2 N–H and O–H groups in total. The Labute approximate surface area is 106 Å². The Morgan fingerprint density at radius 1 is 1.28 bits per heavy atom. The number of methoxy groups -OCH3 is 1. The Bertz CT molecular complexity index is 416. The number of esters is 1. The fourth-order valence-corrected chi connectivity index (χ4v) is 1.21. The zero-order valence-electron chi connectivity index (χ0n) is 10.2. The Morgan fingerprint density at radius 2 is 2.00 bits per heavy atom. The summed E-state index contributed by atoms with van der Waals surface area (Å²) in [5.74, 6) is -0.611. The van der Waals surface area contributed by atoms with E-state index in [0.29, 0.717) is 6.54 Å². The normalized spacial score (nSPS) is 10.1. The summed E-state index contributed by atoms with van der Waals surface area (Å²) in [6, 6.07) is 9.62. The summed E-state index contributed by atoms with van der Waals surface area (Å²) in [7, 11) is 1.29. The molecule has 0 spiro atoms. The van der Waals surface area contributed by atoms with Gasteiger partial charge in [-0.15, -0.1) is 0 Å². The topological polar surface area (TPSA) is 67.4 Å². The van der Waals surface area contributed by atoms with Gasteiger partial charge in [0.15, 0.2) is 0 Å². The van der Waals surface area contributed by atoms with Gasteiger partial charge in [-0.25, -0.2) is 4.79 Å². The Kier molecular flexibility index (Phi) is 6.03. The molecule has 0 aliphatic carbocycles. The van der Waals surface area contributed by atoms with Gasteiger partial charge in [0.05, 0.1) is 13.7 Å². The van der Waals surface area contributed by atoms with E-state index in [0.717, 1.165) is 5.56 Å². The summed E-state index contributed by atoms with van der Waals surface area (Å²) in [6.45, 7) is 0.600. The summed E-state index contributed by atoms with van der Waals surface area (Å²) in [5.41, 5.74) is 1.04. The summed E-state index contributed by atoms with van der Waals surface area (Å²) in [5, 5.41) is 5.44. The van der Waals surface area contributed by atoms with Crippen LogP contribution in [0, 0.1) is 0 Å². The van der Waals surface area contributed by atoms with Crippen LogP contribution in [0.15, 0.2) is 42.6 Å². The van der Waals surface area contributed by atoms with Crippen molar-refractivity contribution in [3.63, 3.8) is 0 Å². The minimum atomic E-state index is -0.466. The van der Waals surface area contributed by atoms with E-state index in [1.54, 1.807) is 0 Å². The van der Waals surface area contributed by atoms with Crippen LogP contribution in [0.25, 0.3) is 0 Å². The van der Waals surface area contributed by atoms with Crippen LogP contribution in [0.2, 0.25) is 0 Å². The van der Waals surface area contributed by atoms with Gasteiger partial charge >= 0.3 is 5.97 Å². The number of amides is 1. The average Bonchev–Trinajstić information content (AvgIpc) is 2.42. The number of hydrogen-bond acceptors (Lipinski definition) is 4. The average molecular weight is 248 g/mol. The van der Waals surface area contributed by atoms with Crippen LogP contribution in [0.5, 0.6) is 0 Å². The third kappa shape index (κ3) is 5.69. The Morgan fingerprint density at radius 3 is 2.67 bits per heavy atom. The molecule has 5 heteroatoms. The van der Waals surface area contributed by atoms with E-state index in [1.807, 2.05) is 30.3 Å². The second kappa shape index (κ2) is 7.89. The molecule has 0 heterocycles. The molecule has 0 unspecified atom stereocenters. The van der Waals surface area contributed by atoms with Gasteiger partial charge in [0, 0.05) is 18.8 Å². The lowest BCUT2D eigenvalue weighted by Gasteiger charge is -2.04. The highest BCUT2D eigenvalue weighted by Gasteiger charge is 1.99. The van der Waals surface area contributed by atoms with E-state index in [9.17, 15) is 9.59 Å². The molecule has 0 atom stereocenters. The minimum absolute atomic E-state index is 0.111. The lowest BCUT2D eigenvalue weighted by Crippen LogP contribution is -2.31. The molecule has 0 saturated carbocycles. The first-order chi connectivity index (χ1) is 8.72. The molecule has 0 bridgehead atoms. The van der Waals surface area contributed by atoms with Crippen LogP contribution in [0.3, 0.4) is 0 Å². The van der Waals surface area contributed by atoms with Gasteiger partial charge in [-0.05, 0) is 5.56 Å². The number of carbonyl (C=O) groups excluding carboxylic acids is 2. The van der Waals surface area contributed by atoms with Crippen molar-refractivity contribution < 1.29 is 14.3 Å². The van der Waals surface area contributed by atoms with E-state index in [1.165, 1.54) is 19.4 Å². The van der Waals surface area contributed by atoms with Crippen LogP contribution >= 0.6 is 0 Å². The van der Waals surface area contributed by atoms with Gasteiger partial charge in [0.1, 0.15) is 0 Å². The molecule has 1 aromatic rings. The highest BCUT2D eigenvalue weighted by Crippen LogP contribution is 1.96. The highest BCUT2D eigenvalue weighted by atomic mass is 16.5. The smallest absolute Gasteiger partial charge is 0.331 e. The number of hydrogen-bond donors (Lipinski definition) is 2. The van der Waals surface area contributed by atoms with Crippen LogP contribution in [-0.2, 0) is 20.9 Å². The zero-order valence-corrected chi connectivity index (χ0v) is 10.2. The van der Waals surface area contributed by atoms with Crippen molar-refractivity contribution in [2.45, 2.75) is 6.54 Å². The SMILES string of the molecule is COC(=O)/C=C/NCC(=O)NCc1ccccc1. The molecule has 0 aliphatic heterocycles. The number of rotatable bonds is 6. The number of carbonyl (C=O) groups is 2. The molecular weight excluding hydrogens is 232 g/mol. The molecule has 0 radical (unpaired) electrons. The molecule has 1 rings (SSSR count). The van der Waals surface area contributed by atoms with E-state index >= 15 is 0 Å². The van der Waals surface area contributed by atoms with Gasteiger partial charge in [-0.3, -0.25) is 4.79 Å². The first kappa shape index (κ1) is 13.8. The Balaban J connectivity index is 2.18. The fourth-order valence-electron chi connectivity index (χ4n) is 1.21. The minimum Gasteiger partial charge on any atom is -0.466 e. The molecule has 96 valence electrons. The van der Waals surface area contributed by atoms with Gasteiger partial charge in [0.2, 0.25) is 5.91 Å². The zero-order chi connectivity index (χ0) is 13.2. The summed E-state index contributed by atoms with van der Waals surface area (Å²) in [4.78, 5) is 22.1. The van der Waals surface area contributed by atoms with Crippen molar-refractivity contribution in [3.8, 4) is 0 Å². The molecule has 1 aromatic carbocycles. The largest absolute Gasteiger partial charge is 0.466 e. The molecule has 0 aromatic heterocycles. The molecule has 0 fully saturated rings. The molecule has 18 heavy (non-hydrogen) atoms. The second-order valence-corrected chi connectivity index (χ2v) is 3.50. The maximum atomic E-state index is 11.4. The second-order valence-electron chi connectivity index (χ2n) is 3.50. The van der Waals surface area contributed by atoms with E-state index in [-0.39, 0.29) is 12.5 Å². The fraction of sp³-hybridized carbons (Fsp3) is 0.231. The summed E-state index contributed by atoms with van der Waals surface area (Å²) >= 11 is 0. The van der Waals surface area contributed by atoms with Crippen LogP contribution in [0.4, 0.5) is 0 Å². The summed E-state index contributed by atoms with van der Waals surface area (Å²) in [6.07, 6.45) is 2.60. The standard InChI is InChI=1S/C13H16N2O3/c1-18-13(17)7-8-14-10-12(16)15-9-11-5-3-2-4-6-11/h2-8,14H,9-10H2,1H3,(H,15,16)/b8-7+. The van der Waals surface area contributed by atoms with Crippen molar-refractivity contribution >= 4 is 11.9 Å². The van der Waals surface area contributed by atoms with Gasteiger partial charge in [-0.2, -0.15) is 0 Å². The number of ether oxygens (including phenoxy) is 1. The maximum Gasteiger partial charge on any atom is 0.331 e. The Hall–Kier alpha value is -2.30. The van der Waals surface area contributed by atoms with Gasteiger partial charge in [-0.1, -0.05) is 30.3 Å². The number of nitrogens with one attached hydrogen (secondary N) is 2. The lowest BCUT2D eigenvalue weighted by molar-refractivity contribution is -0.134. The predicted molar refractivity (Wildman–Crippen MR) is 67.4 cm³/mol. The molecule has 1 amide bonds. The third-order valence-corrected chi connectivity index (χ3v) is 2.13. The molecule has 5 nitrogen and oxygen atoms in total. The molecule has 0 aliphatic rings. The van der Waals surface area contributed by atoms with Crippen LogP contribution in [-0.4, -0.2) is 25.5 Å². The van der Waals surface area contributed by atoms with Crippen molar-refractivity contribution in [1.29, 1.82) is 0 Å². The van der Waals surface area contributed by atoms with Gasteiger partial charge in [0.25, 0.3) is 0 Å². The predicted octanol–water partition coefficient (Wildman–Crippen LogP) is 0.579.